The average molecular weight is 236 g/mol. The number of carbonyl (C=O) groups excluding carboxylic acids is 2. The second-order valence-corrected chi connectivity index (χ2v) is 2.93. The highest BCUT2D eigenvalue weighted by Crippen LogP contribution is 2.08. The molecule has 0 bridgehead atoms. The molecule has 1 saturated heterocycles. The van der Waals surface area contributed by atoms with Crippen molar-refractivity contribution in [1.82, 2.24) is 10.3 Å². The van der Waals surface area contributed by atoms with Gasteiger partial charge in [-0.1, -0.05) is 0 Å². The third-order valence-corrected chi connectivity index (χ3v) is 1.75. The summed E-state index contributed by atoms with van der Waals surface area (Å²) in [4.78, 5) is 31.3. The molecule has 2 aliphatic rings. The van der Waals surface area contributed by atoms with Gasteiger partial charge in [0.1, 0.15) is 11.5 Å². The SMILES string of the molecule is O=C1CN(/N=C/C2=C=C=C([N+](=O)[O-])O2)C(=O)N1. The Kier molecular flexibility index (Phi) is 2.46. The summed E-state index contributed by atoms with van der Waals surface area (Å²) in [6, 6.07) is -0.670. The van der Waals surface area contributed by atoms with Crippen LogP contribution in [0.15, 0.2) is 28.2 Å². The highest BCUT2D eigenvalue weighted by molar-refractivity contribution is 6.02. The van der Waals surface area contributed by atoms with Crippen LogP contribution < -0.4 is 5.32 Å². The summed E-state index contributed by atoms with van der Waals surface area (Å²) in [5, 5.41) is 16.7. The van der Waals surface area contributed by atoms with Gasteiger partial charge >= 0.3 is 11.9 Å². The largest absolute Gasteiger partial charge is 0.489 e. The molecule has 0 saturated carbocycles. The molecule has 3 amide bonds. The molecule has 1 fully saturated rings. The Balaban J connectivity index is 2.05. The van der Waals surface area contributed by atoms with E-state index in [0.29, 0.717) is 0 Å². The Morgan fingerprint density at radius 1 is 1.53 bits per heavy atom. The first-order valence-corrected chi connectivity index (χ1v) is 4.30. The van der Waals surface area contributed by atoms with Crippen molar-refractivity contribution < 1.29 is 19.2 Å². The van der Waals surface area contributed by atoms with Crippen molar-refractivity contribution in [2.45, 2.75) is 0 Å². The Labute approximate surface area is 93.5 Å². The topological polar surface area (TPSA) is 114 Å². The van der Waals surface area contributed by atoms with Gasteiger partial charge in [-0.2, -0.15) is 5.10 Å². The zero-order valence-corrected chi connectivity index (χ0v) is 8.17. The van der Waals surface area contributed by atoms with Crippen LogP contribution in [0, 0.1) is 10.1 Å². The van der Waals surface area contributed by atoms with E-state index in [-0.39, 0.29) is 12.3 Å². The van der Waals surface area contributed by atoms with Gasteiger partial charge in [-0.15, -0.1) is 0 Å². The van der Waals surface area contributed by atoms with E-state index < -0.39 is 22.7 Å². The number of amides is 3. The molecular weight excluding hydrogens is 232 g/mol. The van der Waals surface area contributed by atoms with Crippen LogP contribution in [-0.4, -0.2) is 34.6 Å². The molecule has 0 unspecified atom stereocenters. The smallest absolute Gasteiger partial charge is 0.383 e. The minimum Gasteiger partial charge on any atom is -0.383 e. The van der Waals surface area contributed by atoms with Crippen LogP contribution in [0.4, 0.5) is 4.79 Å². The highest BCUT2D eigenvalue weighted by Gasteiger charge is 2.26. The number of hydrazone groups is 1. The van der Waals surface area contributed by atoms with Crippen LogP contribution in [-0.2, 0) is 9.53 Å². The molecule has 0 aromatic carbocycles. The summed E-state index contributed by atoms with van der Waals surface area (Å²) in [7, 11) is 0. The monoisotopic (exact) mass is 236 g/mol. The summed E-state index contributed by atoms with van der Waals surface area (Å²) in [5.41, 5.74) is 4.44. The molecule has 2 aliphatic heterocycles. The third-order valence-electron chi connectivity index (χ3n) is 1.75. The number of imide groups is 1. The summed E-state index contributed by atoms with van der Waals surface area (Å²) in [6.45, 7) is -0.206. The number of nitro groups is 1. The lowest BCUT2D eigenvalue weighted by Crippen LogP contribution is -2.24. The van der Waals surface area contributed by atoms with Crippen molar-refractivity contribution >= 4 is 18.2 Å². The maximum Gasteiger partial charge on any atom is 0.489 e. The molecule has 2 heterocycles. The Morgan fingerprint density at radius 2 is 2.29 bits per heavy atom. The van der Waals surface area contributed by atoms with Gasteiger partial charge in [0.25, 0.3) is 0 Å². The van der Waals surface area contributed by atoms with Gasteiger partial charge in [-0.3, -0.25) is 20.2 Å². The predicted octanol–water partition coefficient (Wildman–Crippen LogP) is -0.690. The van der Waals surface area contributed by atoms with Crippen LogP contribution in [0.5, 0.6) is 0 Å². The highest BCUT2D eigenvalue weighted by atomic mass is 16.7. The minimum atomic E-state index is -0.778. The number of urea groups is 1. The van der Waals surface area contributed by atoms with E-state index in [0.717, 1.165) is 11.2 Å². The number of nitrogens with zero attached hydrogens (tertiary/aromatic N) is 3. The van der Waals surface area contributed by atoms with Gasteiger partial charge < -0.3 is 4.74 Å². The molecule has 0 radical (unpaired) electrons. The van der Waals surface area contributed by atoms with Crippen molar-refractivity contribution in [3.8, 4) is 0 Å². The molecule has 9 heteroatoms. The molecule has 1 N–H and O–H groups in total. The second kappa shape index (κ2) is 3.93. The van der Waals surface area contributed by atoms with Crippen molar-refractivity contribution in [3.05, 3.63) is 33.2 Å². The number of carbonyl (C=O) groups is 2. The third kappa shape index (κ3) is 2.20. The van der Waals surface area contributed by atoms with E-state index in [1.54, 1.807) is 0 Å². The van der Waals surface area contributed by atoms with E-state index in [1.165, 1.54) is 0 Å². The summed E-state index contributed by atoms with van der Waals surface area (Å²) < 4.78 is 4.66. The maximum absolute atomic E-state index is 11.0. The molecule has 0 atom stereocenters. The minimum absolute atomic E-state index is 0.0659. The van der Waals surface area contributed by atoms with Crippen LogP contribution in [0.2, 0.25) is 0 Å². The van der Waals surface area contributed by atoms with Crippen molar-refractivity contribution in [1.29, 1.82) is 0 Å². The first kappa shape index (κ1) is 10.6. The lowest BCUT2D eigenvalue weighted by Gasteiger charge is -2.03. The normalized spacial score (nSPS) is 18.2. The van der Waals surface area contributed by atoms with Crippen LogP contribution in [0.25, 0.3) is 0 Å². The molecule has 0 aliphatic carbocycles. The molecule has 0 aromatic rings. The second-order valence-electron chi connectivity index (χ2n) is 2.93. The Morgan fingerprint density at radius 3 is 2.82 bits per heavy atom. The first-order valence-electron chi connectivity index (χ1n) is 4.30. The van der Waals surface area contributed by atoms with Gasteiger partial charge in [0.2, 0.25) is 11.7 Å². The first-order chi connectivity index (χ1) is 8.06. The molecule has 86 valence electrons. The fourth-order valence-electron chi connectivity index (χ4n) is 1.06. The maximum atomic E-state index is 11.0. The van der Waals surface area contributed by atoms with Gasteiger partial charge in [0.05, 0.1) is 11.9 Å². The molecule has 0 aromatic heterocycles. The number of ether oxygens (including phenoxy) is 1. The summed E-state index contributed by atoms with van der Waals surface area (Å²) in [6.07, 6.45) is 1.03. The van der Waals surface area contributed by atoms with Crippen LogP contribution in [0.1, 0.15) is 0 Å². The van der Waals surface area contributed by atoms with Gasteiger partial charge in [0, 0.05) is 0 Å². The quantitative estimate of drug-likeness (QED) is 0.229. The number of hydrogen-bond acceptors (Lipinski definition) is 6. The molecule has 2 rings (SSSR count). The van der Waals surface area contributed by atoms with Crippen molar-refractivity contribution in [2.24, 2.45) is 5.10 Å². The molecule has 17 heavy (non-hydrogen) atoms. The van der Waals surface area contributed by atoms with Gasteiger partial charge in [0.15, 0.2) is 0 Å². The summed E-state index contributed by atoms with van der Waals surface area (Å²) in [5.74, 6) is -1.15. The zero-order valence-electron chi connectivity index (χ0n) is 8.17. The fourth-order valence-corrected chi connectivity index (χ4v) is 1.06. The fraction of sp³-hybridized carbons (Fsp3) is 0.125. The lowest BCUT2D eigenvalue weighted by atomic mass is 10.6. The van der Waals surface area contributed by atoms with E-state index in [1.807, 2.05) is 5.32 Å². The van der Waals surface area contributed by atoms with Crippen LogP contribution in [0.3, 0.4) is 0 Å². The zero-order chi connectivity index (χ0) is 12.4. The summed E-state index contributed by atoms with van der Waals surface area (Å²) >= 11 is 0. The Hall–Kier alpha value is -2.89. The molecule has 0 spiro atoms. The number of hydrogen-bond donors (Lipinski definition) is 1. The Bertz CT molecular complexity index is 550. The van der Waals surface area contributed by atoms with Gasteiger partial charge in [-0.25, -0.2) is 9.80 Å². The number of rotatable bonds is 3. The van der Waals surface area contributed by atoms with E-state index >= 15 is 0 Å². The van der Waals surface area contributed by atoms with Crippen molar-refractivity contribution in [2.75, 3.05) is 6.54 Å². The van der Waals surface area contributed by atoms with E-state index in [2.05, 4.69) is 21.3 Å². The van der Waals surface area contributed by atoms with Crippen LogP contribution >= 0.6 is 0 Å². The predicted molar refractivity (Wildman–Crippen MR) is 50.9 cm³/mol. The van der Waals surface area contributed by atoms with E-state index in [4.69, 9.17) is 0 Å². The number of nitrogens with one attached hydrogen (secondary N) is 1. The standard InChI is InChI=1S/C8H4N4O5/c13-6-4-11(8(14)10-6)9-3-5-1-2-7(17-5)12(15)16/h3H,4H2,(H,10,13,14)/b9-3+. The average Bonchev–Trinajstić information content (AvgIpc) is 2.82. The molecular formula is C8H4N4O5. The van der Waals surface area contributed by atoms with Crippen molar-refractivity contribution in [3.63, 3.8) is 0 Å². The lowest BCUT2D eigenvalue weighted by molar-refractivity contribution is -0.458. The molecule has 9 nitrogen and oxygen atoms in total. The van der Waals surface area contributed by atoms with E-state index in [9.17, 15) is 19.7 Å². The van der Waals surface area contributed by atoms with Gasteiger partial charge in [-0.05, 0) is 5.73 Å². The number of allylic oxidation sites excluding steroid dienone is 1.